The fourth-order valence-electron chi connectivity index (χ4n) is 2.49. The van der Waals surface area contributed by atoms with E-state index in [1.807, 2.05) is 55.6 Å². The van der Waals surface area contributed by atoms with Gasteiger partial charge in [-0.05, 0) is 55.1 Å². The zero-order chi connectivity index (χ0) is 19.2. The van der Waals surface area contributed by atoms with Gasteiger partial charge in [-0.1, -0.05) is 29.8 Å². The van der Waals surface area contributed by atoms with E-state index in [1.54, 1.807) is 12.1 Å². The number of benzene rings is 2. The number of amides is 1. The van der Waals surface area contributed by atoms with E-state index in [2.05, 4.69) is 5.32 Å². The van der Waals surface area contributed by atoms with E-state index in [1.165, 1.54) is 11.3 Å². The van der Waals surface area contributed by atoms with Gasteiger partial charge in [0.25, 0.3) is 5.91 Å². The van der Waals surface area contributed by atoms with Crippen LogP contribution in [-0.4, -0.2) is 12.5 Å². The molecule has 0 aliphatic carbocycles. The van der Waals surface area contributed by atoms with Crippen LogP contribution in [0.2, 0.25) is 5.02 Å². The van der Waals surface area contributed by atoms with Crippen molar-refractivity contribution in [2.45, 2.75) is 20.5 Å². The quantitative estimate of drug-likeness (QED) is 0.533. The van der Waals surface area contributed by atoms with Crippen LogP contribution in [-0.2, 0) is 6.61 Å². The van der Waals surface area contributed by atoms with E-state index in [0.717, 1.165) is 11.1 Å². The summed E-state index contributed by atoms with van der Waals surface area (Å²) in [5.74, 6) is 1.24. The Kier molecular flexibility index (Phi) is 6.37. The molecule has 140 valence electrons. The van der Waals surface area contributed by atoms with Crippen molar-refractivity contribution < 1.29 is 14.3 Å². The van der Waals surface area contributed by atoms with Crippen molar-refractivity contribution in [1.29, 1.82) is 0 Å². The van der Waals surface area contributed by atoms with Gasteiger partial charge in [-0.15, -0.1) is 11.3 Å². The van der Waals surface area contributed by atoms with Gasteiger partial charge < -0.3 is 14.8 Å². The maximum Gasteiger partial charge on any atom is 0.265 e. The van der Waals surface area contributed by atoms with Crippen LogP contribution in [0.5, 0.6) is 11.5 Å². The highest BCUT2D eigenvalue weighted by Gasteiger charge is 2.12. The Morgan fingerprint density at radius 1 is 1.11 bits per heavy atom. The van der Waals surface area contributed by atoms with Gasteiger partial charge in [-0.25, -0.2) is 0 Å². The van der Waals surface area contributed by atoms with Crippen LogP contribution in [0.4, 0.5) is 5.69 Å². The Morgan fingerprint density at radius 2 is 1.85 bits per heavy atom. The second-order valence-corrected chi connectivity index (χ2v) is 7.25. The molecule has 1 N–H and O–H groups in total. The first-order valence-corrected chi connectivity index (χ1v) is 9.82. The second-order valence-electron chi connectivity index (χ2n) is 5.90. The Hall–Kier alpha value is -2.50. The largest absolute Gasteiger partial charge is 0.490 e. The van der Waals surface area contributed by atoms with Crippen LogP contribution in [0.3, 0.4) is 0 Å². The van der Waals surface area contributed by atoms with Gasteiger partial charge in [0.05, 0.1) is 11.5 Å². The summed E-state index contributed by atoms with van der Waals surface area (Å²) in [5.41, 5.74) is 2.60. The number of halogens is 1. The topological polar surface area (TPSA) is 47.6 Å². The van der Waals surface area contributed by atoms with Crippen molar-refractivity contribution in [2.24, 2.45) is 0 Å². The zero-order valence-electron chi connectivity index (χ0n) is 15.1. The fourth-order valence-corrected chi connectivity index (χ4v) is 3.45. The average Bonchev–Trinajstić information content (AvgIpc) is 3.13. The lowest BCUT2D eigenvalue weighted by Gasteiger charge is -2.10. The summed E-state index contributed by atoms with van der Waals surface area (Å²) in [6.07, 6.45) is 0. The number of para-hydroxylation sites is 2. The molecule has 1 aromatic heterocycles. The Bertz CT molecular complexity index is 939. The number of ether oxygens (including phenoxy) is 2. The number of hydrogen-bond donors (Lipinski definition) is 1. The van der Waals surface area contributed by atoms with Crippen LogP contribution < -0.4 is 14.8 Å². The molecule has 3 rings (SSSR count). The van der Waals surface area contributed by atoms with Gasteiger partial charge in [0.1, 0.15) is 6.61 Å². The standard InChI is InChI=1S/C21H20ClNO3S/c1-3-25-18-6-4-5-7-19(18)26-12-15-10-20(27-13-15)21(24)23-17-11-16(22)9-8-14(17)2/h4-11,13H,3,12H2,1-2H3,(H,23,24). The number of carbonyl (C=O) groups excluding carboxylic acids is 1. The van der Waals surface area contributed by atoms with Crippen molar-refractivity contribution in [1.82, 2.24) is 0 Å². The van der Waals surface area contributed by atoms with Crippen molar-refractivity contribution in [3.05, 3.63) is 74.9 Å². The maximum atomic E-state index is 12.5. The highest BCUT2D eigenvalue weighted by molar-refractivity contribution is 7.12. The average molecular weight is 402 g/mol. The first-order valence-electron chi connectivity index (χ1n) is 8.56. The number of nitrogens with one attached hydrogen (secondary N) is 1. The van der Waals surface area contributed by atoms with E-state index < -0.39 is 0 Å². The third-order valence-corrected chi connectivity index (χ3v) is 5.08. The molecule has 27 heavy (non-hydrogen) atoms. The molecule has 0 unspecified atom stereocenters. The third kappa shape index (κ3) is 5.02. The summed E-state index contributed by atoms with van der Waals surface area (Å²) in [6, 6.07) is 14.8. The van der Waals surface area contributed by atoms with Crippen molar-refractivity contribution >= 4 is 34.5 Å². The highest BCUT2D eigenvalue weighted by Crippen LogP contribution is 2.28. The Balaban J connectivity index is 1.64. The van der Waals surface area contributed by atoms with E-state index >= 15 is 0 Å². The molecule has 6 heteroatoms. The molecule has 1 amide bonds. The number of rotatable bonds is 7. The van der Waals surface area contributed by atoms with Crippen molar-refractivity contribution in [3.63, 3.8) is 0 Å². The summed E-state index contributed by atoms with van der Waals surface area (Å²) in [5, 5.41) is 5.41. The van der Waals surface area contributed by atoms with Gasteiger partial charge in [-0.3, -0.25) is 4.79 Å². The molecule has 0 fully saturated rings. The van der Waals surface area contributed by atoms with Crippen LogP contribution in [0.1, 0.15) is 27.7 Å². The number of carbonyl (C=O) groups is 1. The van der Waals surface area contributed by atoms with Crippen molar-refractivity contribution in [3.8, 4) is 11.5 Å². The number of aryl methyl sites for hydroxylation is 1. The molecule has 0 aliphatic heterocycles. The van der Waals surface area contributed by atoms with E-state index in [0.29, 0.717) is 40.3 Å². The lowest BCUT2D eigenvalue weighted by atomic mass is 10.2. The molecule has 0 spiro atoms. The molecular formula is C21H20ClNO3S. The molecule has 0 aliphatic rings. The van der Waals surface area contributed by atoms with Crippen LogP contribution in [0, 0.1) is 6.92 Å². The van der Waals surface area contributed by atoms with Crippen LogP contribution in [0.15, 0.2) is 53.9 Å². The van der Waals surface area contributed by atoms with Crippen molar-refractivity contribution in [2.75, 3.05) is 11.9 Å². The Labute approximate surface area is 167 Å². The van der Waals surface area contributed by atoms with E-state index in [-0.39, 0.29) is 5.91 Å². The summed E-state index contributed by atoms with van der Waals surface area (Å²) >= 11 is 7.39. The second kappa shape index (κ2) is 8.93. The molecule has 0 saturated heterocycles. The Morgan fingerprint density at radius 3 is 2.59 bits per heavy atom. The van der Waals surface area contributed by atoms with Crippen LogP contribution >= 0.6 is 22.9 Å². The number of thiophene rings is 1. The minimum atomic E-state index is -0.161. The zero-order valence-corrected chi connectivity index (χ0v) is 16.7. The highest BCUT2D eigenvalue weighted by atomic mass is 35.5. The van der Waals surface area contributed by atoms with E-state index in [9.17, 15) is 4.79 Å². The summed E-state index contributed by atoms with van der Waals surface area (Å²) < 4.78 is 11.4. The summed E-state index contributed by atoms with van der Waals surface area (Å²) in [6.45, 7) is 4.80. The SMILES string of the molecule is CCOc1ccccc1OCc1csc(C(=O)Nc2cc(Cl)ccc2C)c1. The van der Waals surface area contributed by atoms with Gasteiger partial charge in [-0.2, -0.15) is 0 Å². The fraction of sp³-hybridized carbons (Fsp3) is 0.190. The molecule has 2 aromatic carbocycles. The number of anilines is 1. The first kappa shape index (κ1) is 19.3. The summed E-state index contributed by atoms with van der Waals surface area (Å²) in [4.78, 5) is 13.1. The molecule has 1 heterocycles. The smallest absolute Gasteiger partial charge is 0.265 e. The minimum Gasteiger partial charge on any atom is -0.490 e. The van der Waals surface area contributed by atoms with Gasteiger partial charge >= 0.3 is 0 Å². The van der Waals surface area contributed by atoms with Gasteiger partial charge in [0.2, 0.25) is 0 Å². The minimum absolute atomic E-state index is 0.161. The van der Waals surface area contributed by atoms with Gasteiger partial charge in [0.15, 0.2) is 11.5 Å². The molecule has 0 radical (unpaired) electrons. The molecule has 0 bridgehead atoms. The first-order chi connectivity index (χ1) is 13.1. The molecule has 0 atom stereocenters. The molecule has 0 saturated carbocycles. The molecular weight excluding hydrogens is 382 g/mol. The monoisotopic (exact) mass is 401 g/mol. The lowest BCUT2D eigenvalue weighted by molar-refractivity contribution is 0.103. The third-order valence-electron chi connectivity index (χ3n) is 3.87. The van der Waals surface area contributed by atoms with Crippen LogP contribution in [0.25, 0.3) is 0 Å². The predicted molar refractivity (Wildman–Crippen MR) is 110 cm³/mol. The van der Waals surface area contributed by atoms with Gasteiger partial charge in [0, 0.05) is 16.3 Å². The number of hydrogen-bond acceptors (Lipinski definition) is 4. The molecule has 3 aromatic rings. The van der Waals surface area contributed by atoms with E-state index in [4.69, 9.17) is 21.1 Å². The molecule has 4 nitrogen and oxygen atoms in total. The normalized spacial score (nSPS) is 10.5. The lowest BCUT2D eigenvalue weighted by Crippen LogP contribution is -2.11. The predicted octanol–water partition coefficient (Wildman–Crippen LogP) is 5.94. The maximum absolute atomic E-state index is 12.5. The summed E-state index contributed by atoms with van der Waals surface area (Å²) in [7, 11) is 0.